The predicted octanol–water partition coefficient (Wildman–Crippen LogP) is 7.99. The summed E-state index contributed by atoms with van der Waals surface area (Å²) in [6.45, 7) is 0. The molecule has 0 spiro atoms. The summed E-state index contributed by atoms with van der Waals surface area (Å²) < 4.78 is 0. The largest absolute Gasteiger partial charge is 0.0795 e. The average Bonchev–Trinajstić information content (AvgIpc) is 2.79. The molecule has 1 aliphatic rings. The van der Waals surface area contributed by atoms with E-state index in [1.54, 1.807) is 0 Å². The van der Waals surface area contributed by atoms with Gasteiger partial charge in [0.15, 0.2) is 0 Å². The van der Waals surface area contributed by atoms with Crippen molar-refractivity contribution in [2.45, 2.75) is 6.42 Å². The number of benzene rings is 6. The van der Waals surface area contributed by atoms with Crippen LogP contribution in [0.25, 0.3) is 49.2 Å². The standard InChI is InChI=1S/C16H10.C13H10/c1-3-11-7-9-13-5-2-6-14-10-8-12(4-1)15(11)16(13)14;1-4-10-6-2-8-12-9-3-7-11(5-1)13(10)12/h1-10H;1-8H,9H2. The molecule has 7 rings (SSSR count). The summed E-state index contributed by atoms with van der Waals surface area (Å²) in [6.07, 6.45) is 5.53. The van der Waals surface area contributed by atoms with Gasteiger partial charge in [-0.2, -0.15) is 0 Å². The molecule has 0 aliphatic heterocycles. The van der Waals surface area contributed by atoms with E-state index in [4.69, 9.17) is 0 Å². The summed E-state index contributed by atoms with van der Waals surface area (Å²) in [4.78, 5) is 0. The van der Waals surface area contributed by atoms with Gasteiger partial charge in [0, 0.05) is 0 Å². The van der Waals surface area contributed by atoms with Gasteiger partial charge < -0.3 is 0 Å². The third-order valence-corrected chi connectivity index (χ3v) is 6.05. The minimum Gasteiger partial charge on any atom is -0.0795 e. The van der Waals surface area contributed by atoms with Gasteiger partial charge in [-0.15, -0.1) is 0 Å². The van der Waals surface area contributed by atoms with Crippen LogP contribution in [0.1, 0.15) is 11.1 Å². The topological polar surface area (TPSA) is 0 Å². The van der Waals surface area contributed by atoms with Crippen LogP contribution in [0.4, 0.5) is 0 Å². The van der Waals surface area contributed by atoms with Crippen molar-refractivity contribution in [2.24, 2.45) is 0 Å². The first-order chi connectivity index (χ1) is 14.4. The molecule has 29 heavy (non-hydrogen) atoms. The molecule has 0 bridgehead atoms. The summed E-state index contributed by atoms with van der Waals surface area (Å²) in [5, 5.41) is 10.9. The monoisotopic (exact) mass is 368 g/mol. The van der Waals surface area contributed by atoms with E-state index in [-0.39, 0.29) is 0 Å². The summed E-state index contributed by atoms with van der Waals surface area (Å²) in [5.74, 6) is 0. The number of rotatable bonds is 0. The highest BCUT2D eigenvalue weighted by atomic mass is 14.1. The third kappa shape index (κ3) is 2.61. The molecule has 0 saturated carbocycles. The van der Waals surface area contributed by atoms with Crippen molar-refractivity contribution in [1.29, 1.82) is 0 Å². The SMILES string of the molecule is C1=Cc2cccc3cccc(c23)C1.c1cc2ccc3cccc4ccc(c1)c2c34. The summed E-state index contributed by atoms with van der Waals surface area (Å²) >= 11 is 0. The van der Waals surface area contributed by atoms with E-state index in [2.05, 4.69) is 109 Å². The molecule has 1 aliphatic carbocycles. The van der Waals surface area contributed by atoms with E-state index in [9.17, 15) is 0 Å². The van der Waals surface area contributed by atoms with E-state index < -0.39 is 0 Å². The second-order valence-electron chi connectivity index (χ2n) is 7.76. The van der Waals surface area contributed by atoms with E-state index in [0.717, 1.165) is 6.42 Å². The van der Waals surface area contributed by atoms with E-state index >= 15 is 0 Å². The van der Waals surface area contributed by atoms with Gasteiger partial charge in [-0.1, -0.05) is 109 Å². The quantitative estimate of drug-likeness (QED) is 0.238. The molecule has 0 heteroatoms. The Morgan fingerprint density at radius 1 is 0.414 bits per heavy atom. The summed E-state index contributed by atoms with van der Waals surface area (Å²) in [6, 6.07) is 34.9. The molecule has 0 aromatic heterocycles. The van der Waals surface area contributed by atoms with Crippen LogP contribution in [0.2, 0.25) is 0 Å². The maximum absolute atomic E-state index is 2.23. The zero-order valence-corrected chi connectivity index (χ0v) is 16.1. The third-order valence-electron chi connectivity index (χ3n) is 6.05. The zero-order chi connectivity index (χ0) is 19.2. The Labute approximate surface area is 170 Å². The van der Waals surface area contributed by atoms with Crippen LogP contribution < -0.4 is 0 Å². The maximum atomic E-state index is 2.23. The van der Waals surface area contributed by atoms with Gasteiger partial charge in [-0.05, 0) is 60.6 Å². The Morgan fingerprint density at radius 3 is 1.41 bits per heavy atom. The van der Waals surface area contributed by atoms with Crippen molar-refractivity contribution in [3.63, 3.8) is 0 Å². The highest BCUT2D eigenvalue weighted by Gasteiger charge is 2.07. The molecule has 6 aromatic carbocycles. The molecule has 136 valence electrons. The normalized spacial score (nSPS) is 12.6. The van der Waals surface area contributed by atoms with Gasteiger partial charge in [-0.3, -0.25) is 0 Å². The molecule has 0 heterocycles. The Balaban J connectivity index is 0.000000117. The molecule has 0 fully saturated rings. The fourth-order valence-electron chi connectivity index (χ4n) is 4.74. The first kappa shape index (κ1) is 16.3. The molecule has 0 unspecified atom stereocenters. The minimum absolute atomic E-state index is 1.08. The maximum Gasteiger partial charge on any atom is -0.00268 e. The Kier molecular flexibility index (Phi) is 3.64. The lowest BCUT2D eigenvalue weighted by atomic mass is 9.93. The second kappa shape index (κ2) is 6.46. The predicted molar refractivity (Wildman–Crippen MR) is 127 cm³/mol. The fraction of sp³-hybridized carbons (Fsp3) is 0.0345. The van der Waals surface area contributed by atoms with Crippen molar-refractivity contribution >= 4 is 49.2 Å². The second-order valence-corrected chi connectivity index (χ2v) is 7.76. The van der Waals surface area contributed by atoms with Crippen molar-refractivity contribution in [2.75, 3.05) is 0 Å². The summed E-state index contributed by atoms with van der Waals surface area (Å²) in [5.41, 5.74) is 2.81. The molecular formula is C29H20. The Bertz CT molecular complexity index is 1380. The van der Waals surface area contributed by atoms with Crippen LogP contribution in [-0.2, 0) is 6.42 Å². The van der Waals surface area contributed by atoms with E-state index in [0.29, 0.717) is 0 Å². The average molecular weight is 368 g/mol. The van der Waals surface area contributed by atoms with E-state index in [1.165, 1.54) is 54.2 Å². The first-order valence-electron chi connectivity index (χ1n) is 10.2. The molecule has 0 atom stereocenters. The van der Waals surface area contributed by atoms with E-state index in [1.807, 2.05) is 0 Å². The van der Waals surface area contributed by atoms with Crippen LogP contribution in [0.15, 0.2) is 103 Å². The van der Waals surface area contributed by atoms with Crippen molar-refractivity contribution in [3.05, 3.63) is 114 Å². The first-order valence-corrected chi connectivity index (χ1v) is 10.2. The molecule has 0 saturated heterocycles. The lowest BCUT2D eigenvalue weighted by Crippen LogP contribution is -1.91. The van der Waals surface area contributed by atoms with Crippen LogP contribution in [0.5, 0.6) is 0 Å². The molecule has 6 aromatic rings. The molecule has 0 amide bonds. The van der Waals surface area contributed by atoms with Gasteiger partial charge in [0.25, 0.3) is 0 Å². The van der Waals surface area contributed by atoms with Gasteiger partial charge >= 0.3 is 0 Å². The van der Waals surface area contributed by atoms with Gasteiger partial charge in [-0.25, -0.2) is 0 Å². The Morgan fingerprint density at radius 2 is 0.862 bits per heavy atom. The molecule has 0 nitrogen and oxygen atoms in total. The highest BCUT2D eigenvalue weighted by Crippen LogP contribution is 2.34. The molecule has 0 radical (unpaired) electrons. The van der Waals surface area contributed by atoms with Gasteiger partial charge in [0.05, 0.1) is 0 Å². The number of allylic oxidation sites excluding steroid dienone is 1. The van der Waals surface area contributed by atoms with Gasteiger partial charge in [0.1, 0.15) is 0 Å². The summed E-state index contributed by atoms with van der Waals surface area (Å²) in [7, 11) is 0. The van der Waals surface area contributed by atoms with Crippen molar-refractivity contribution in [3.8, 4) is 0 Å². The lowest BCUT2D eigenvalue weighted by molar-refractivity contribution is 1.29. The van der Waals surface area contributed by atoms with Crippen LogP contribution in [-0.4, -0.2) is 0 Å². The zero-order valence-electron chi connectivity index (χ0n) is 16.1. The van der Waals surface area contributed by atoms with Gasteiger partial charge in [0.2, 0.25) is 0 Å². The number of hydrogen-bond donors (Lipinski definition) is 0. The number of hydrogen-bond acceptors (Lipinski definition) is 0. The van der Waals surface area contributed by atoms with Crippen molar-refractivity contribution < 1.29 is 0 Å². The van der Waals surface area contributed by atoms with Crippen molar-refractivity contribution in [1.82, 2.24) is 0 Å². The fourth-order valence-corrected chi connectivity index (χ4v) is 4.74. The van der Waals surface area contributed by atoms with Crippen LogP contribution in [0, 0.1) is 0 Å². The Hall–Kier alpha value is -3.64. The molecule has 0 N–H and O–H groups in total. The minimum atomic E-state index is 1.08. The lowest BCUT2D eigenvalue weighted by Gasteiger charge is -2.11. The smallest absolute Gasteiger partial charge is 0.00268 e. The highest BCUT2D eigenvalue weighted by molar-refractivity contribution is 6.22. The van der Waals surface area contributed by atoms with Crippen LogP contribution >= 0.6 is 0 Å². The van der Waals surface area contributed by atoms with Crippen LogP contribution in [0.3, 0.4) is 0 Å². The molecular weight excluding hydrogens is 348 g/mol.